The number of rotatable bonds is 6. The average molecular weight is 346 g/mol. The molecule has 1 amide bonds. The van der Waals surface area contributed by atoms with Crippen molar-refractivity contribution in [2.75, 3.05) is 5.32 Å². The molecule has 0 heterocycles. The summed E-state index contributed by atoms with van der Waals surface area (Å²) in [7, 11) is -3.56. The molecule has 24 heavy (non-hydrogen) atoms. The Labute approximate surface area is 143 Å². The zero-order chi connectivity index (χ0) is 17.7. The highest BCUT2D eigenvalue weighted by molar-refractivity contribution is 7.89. The van der Waals surface area contributed by atoms with Crippen molar-refractivity contribution in [2.24, 2.45) is 0 Å². The molecule has 0 aliphatic heterocycles. The molecule has 6 heteroatoms. The molecule has 0 spiro atoms. The summed E-state index contributed by atoms with van der Waals surface area (Å²) in [4.78, 5) is 12.4. The van der Waals surface area contributed by atoms with Gasteiger partial charge in [-0.25, -0.2) is 13.1 Å². The fourth-order valence-corrected chi connectivity index (χ4v) is 3.44. The molecule has 1 atom stereocenters. The van der Waals surface area contributed by atoms with Crippen molar-refractivity contribution >= 4 is 21.6 Å². The summed E-state index contributed by atoms with van der Waals surface area (Å²) in [5.41, 5.74) is 2.10. The number of aryl methyl sites for hydroxylation is 1. The Balaban J connectivity index is 2.14. The van der Waals surface area contributed by atoms with Crippen LogP contribution in [0.2, 0.25) is 0 Å². The number of sulfonamides is 1. The van der Waals surface area contributed by atoms with Gasteiger partial charge in [0.15, 0.2) is 0 Å². The molecular weight excluding hydrogens is 324 g/mol. The van der Waals surface area contributed by atoms with Crippen molar-refractivity contribution < 1.29 is 13.2 Å². The minimum atomic E-state index is -3.56. The van der Waals surface area contributed by atoms with E-state index in [0.29, 0.717) is 12.0 Å². The van der Waals surface area contributed by atoms with Crippen molar-refractivity contribution in [3.05, 3.63) is 59.7 Å². The molecule has 128 valence electrons. The number of carbonyl (C=O) groups is 1. The van der Waals surface area contributed by atoms with Crippen LogP contribution in [0.5, 0.6) is 0 Å². The number of hydrogen-bond acceptors (Lipinski definition) is 3. The molecule has 0 aromatic heterocycles. The second-order valence-electron chi connectivity index (χ2n) is 5.72. The molecule has 2 aromatic carbocycles. The molecule has 0 saturated heterocycles. The van der Waals surface area contributed by atoms with Gasteiger partial charge >= 0.3 is 0 Å². The Morgan fingerprint density at radius 1 is 1.08 bits per heavy atom. The molecule has 0 aliphatic rings. The maximum absolute atomic E-state index is 12.3. The summed E-state index contributed by atoms with van der Waals surface area (Å²) in [6.07, 6.45) is 0.705. The van der Waals surface area contributed by atoms with Crippen molar-refractivity contribution in [3.8, 4) is 0 Å². The van der Waals surface area contributed by atoms with Gasteiger partial charge in [0.25, 0.3) is 5.91 Å². The summed E-state index contributed by atoms with van der Waals surface area (Å²) in [5.74, 6) is -0.275. The summed E-state index contributed by atoms with van der Waals surface area (Å²) in [6, 6.07) is 13.2. The molecule has 2 N–H and O–H groups in total. The number of hydrogen-bond donors (Lipinski definition) is 2. The lowest BCUT2D eigenvalue weighted by atomic mass is 10.1. The largest absolute Gasteiger partial charge is 0.322 e. The normalized spacial score (nSPS) is 12.6. The van der Waals surface area contributed by atoms with Gasteiger partial charge in [-0.3, -0.25) is 4.79 Å². The van der Waals surface area contributed by atoms with Crippen LogP contribution in [0.3, 0.4) is 0 Å². The van der Waals surface area contributed by atoms with Crippen LogP contribution in [0.15, 0.2) is 53.4 Å². The SMILES string of the molecule is CC[C@@H](C)NS(=O)(=O)c1ccc(C(=O)Nc2ccccc2C)cc1. The third-order valence-electron chi connectivity index (χ3n) is 3.79. The monoisotopic (exact) mass is 346 g/mol. The average Bonchev–Trinajstić information content (AvgIpc) is 2.56. The number of nitrogens with one attached hydrogen (secondary N) is 2. The minimum absolute atomic E-state index is 0.140. The van der Waals surface area contributed by atoms with Crippen LogP contribution in [0.1, 0.15) is 36.2 Å². The van der Waals surface area contributed by atoms with Gasteiger partial charge in [-0.2, -0.15) is 0 Å². The molecule has 2 aromatic rings. The maximum Gasteiger partial charge on any atom is 0.255 e. The van der Waals surface area contributed by atoms with Crippen molar-refractivity contribution in [3.63, 3.8) is 0 Å². The molecule has 0 aliphatic carbocycles. The molecule has 0 bridgehead atoms. The number of benzene rings is 2. The quantitative estimate of drug-likeness (QED) is 0.842. The minimum Gasteiger partial charge on any atom is -0.322 e. The van der Waals surface area contributed by atoms with E-state index < -0.39 is 10.0 Å². The van der Waals surface area contributed by atoms with E-state index in [1.807, 2.05) is 45.0 Å². The topological polar surface area (TPSA) is 75.3 Å². The van der Waals surface area contributed by atoms with Gasteiger partial charge in [0.05, 0.1) is 4.90 Å². The fourth-order valence-electron chi connectivity index (χ4n) is 2.11. The van der Waals surface area contributed by atoms with Crippen molar-refractivity contribution in [1.29, 1.82) is 0 Å². The van der Waals surface area contributed by atoms with E-state index in [2.05, 4.69) is 10.0 Å². The van der Waals surface area contributed by atoms with Crippen LogP contribution in [-0.2, 0) is 10.0 Å². The zero-order valence-electron chi connectivity index (χ0n) is 14.0. The first kappa shape index (κ1) is 18.2. The summed E-state index contributed by atoms with van der Waals surface area (Å²) in [5, 5.41) is 2.82. The third-order valence-corrected chi connectivity index (χ3v) is 5.39. The lowest BCUT2D eigenvalue weighted by Gasteiger charge is -2.12. The Morgan fingerprint density at radius 3 is 2.29 bits per heavy atom. The lowest BCUT2D eigenvalue weighted by molar-refractivity contribution is 0.102. The van der Waals surface area contributed by atoms with E-state index in [9.17, 15) is 13.2 Å². The van der Waals surface area contributed by atoms with Gasteiger partial charge in [0, 0.05) is 17.3 Å². The highest BCUT2D eigenvalue weighted by Crippen LogP contribution is 2.16. The maximum atomic E-state index is 12.3. The van der Waals surface area contributed by atoms with E-state index in [4.69, 9.17) is 0 Å². The smallest absolute Gasteiger partial charge is 0.255 e. The van der Waals surface area contributed by atoms with Crippen LogP contribution in [-0.4, -0.2) is 20.4 Å². The third kappa shape index (κ3) is 4.43. The van der Waals surface area contributed by atoms with Gasteiger partial charge in [-0.1, -0.05) is 25.1 Å². The Bertz CT molecular complexity index is 814. The van der Waals surface area contributed by atoms with E-state index in [1.165, 1.54) is 24.3 Å². The number of carbonyl (C=O) groups excluding carboxylic acids is 1. The van der Waals surface area contributed by atoms with Crippen molar-refractivity contribution in [1.82, 2.24) is 4.72 Å². The number of amides is 1. The predicted octanol–water partition coefficient (Wildman–Crippen LogP) is 3.32. The van der Waals surface area contributed by atoms with Gasteiger partial charge in [-0.15, -0.1) is 0 Å². The highest BCUT2D eigenvalue weighted by atomic mass is 32.2. The predicted molar refractivity (Wildman–Crippen MR) is 95.6 cm³/mol. The summed E-state index contributed by atoms with van der Waals surface area (Å²) >= 11 is 0. The molecule has 0 unspecified atom stereocenters. The summed E-state index contributed by atoms with van der Waals surface area (Å²) < 4.78 is 27.0. The Hall–Kier alpha value is -2.18. The molecule has 0 radical (unpaired) electrons. The van der Waals surface area contributed by atoms with Crippen LogP contribution in [0.25, 0.3) is 0 Å². The number of anilines is 1. The van der Waals surface area contributed by atoms with E-state index in [-0.39, 0.29) is 16.8 Å². The standard InChI is InChI=1S/C18H22N2O3S/c1-4-14(3)20-24(22,23)16-11-9-15(10-12-16)18(21)19-17-8-6-5-7-13(17)2/h5-12,14,20H,4H2,1-3H3,(H,19,21)/t14-/m1/s1. The van der Waals surface area contributed by atoms with Crippen LogP contribution in [0, 0.1) is 6.92 Å². The van der Waals surface area contributed by atoms with Gasteiger partial charge < -0.3 is 5.32 Å². The lowest BCUT2D eigenvalue weighted by Crippen LogP contribution is -2.32. The number of para-hydroxylation sites is 1. The van der Waals surface area contributed by atoms with Crippen LogP contribution in [0.4, 0.5) is 5.69 Å². The van der Waals surface area contributed by atoms with Gasteiger partial charge in [-0.05, 0) is 56.2 Å². The van der Waals surface area contributed by atoms with E-state index in [1.54, 1.807) is 0 Å². The van der Waals surface area contributed by atoms with Crippen LogP contribution < -0.4 is 10.0 Å². The molecular formula is C18H22N2O3S. The summed E-state index contributed by atoms with van der Waals surface area (Å²) in [6.45, 7) is 5.62. The second kappa shape index (κ2) is 7.59. The highest BCUT2D eigenvalue weighted by Gasteiger charge is 2.17. The van der Waals surface area contributed by atoms with Gasteiger partial charge in [0.1, 0.15) is 0 Å². The second-order valence-corrected chi connectivity index (χ2v) is 7.44. The van der Waals surface area contributed by atoms with Crippen LogP contribution >= 0.6 is 0 Å². The fraction of sp³-hybridized carbons (Fsp3) is 0.278. The first-order valence-corrected chi connectivity index (χ1v) is 9.31. The zero-order valence-corrected chi connectivity index (χ0v) is 14.9. The molecule has 0 fully saturated rings. The van der Waals surface area contributed by atoms with E-state index in [0.717, 1.165) is 11.3 Å². The molecule has 2 rings (SSSR count). The van der Waals surface area contributed by atoms with Crippen molar-refractivity contribution in [2.45, 2.75) is 38.1 Å². The first-order chi connectivity index (χ1) is 11.3. The van der Waals surface area contributed by atoms with E-state index >= 15 is 0 Å². The Morgan fingerprint density at radius 2 is 1.71 bits per heavy atom. The first-order valence-electron chi connectivity index (χ1n) is 7.83. The molecule has 0 saturated carbocycles. The Kier molecular flexibility index (Phi) is 5.75. The van der Waals surface area contributed by atoms with Gasteiger partial charge in [0.2, 0.25) is 10.0 Å². The molecule has 5 nitrogen and oxygen atoms in total.